The summed E-state index contributed by atoms with van der Waals surface area (Å²) in [5.41, 5.74) is 4.72. The first-order valence-electron chi connectivity index (χ1n) is 10.0. The molecule has 0 saturated carbocycles. The highest BCUT2D eigenvalue weighted by molar-refractivity contribution is 5.93. The van der Waals surface area contributed by atoms with Crippen molar-refractivity contribution < 1.29 is 9.21 Å². The lowest BCUT2D eigenvalue weighted by Crippen LogP contribution is -2.38. The van der Waals surface area contributed by atoms with E-state index in [0.717, 1.165) is 59.8 Å². The average Bonchev–Trinajstić information content (AvgIpc) is 3.16. The monoisotopic (exact) mass is 390 g/mol. The molecule has 1 aliphatic rings. The highest BCUT2D eigenvalue weighted by Gasteiger charge is 2.26. The summed E-state index contributed by atoms with van der Waals surface area (Å²) in [6.07, 6.45) is 5.16. The molecule has 0 aliphatic carbocycles. The quantitative estimate of drug-likeness (QED) is 0.709. The molecule has 3 heterocycles. The Bertz CT molecular complexity index is 1000. The minimum atomic E-state index is 0.00503. The van der Waals surface area contributed by atoms with Crippen molar-refractivity contribution in [2.24, 2.45) is 5.92 Å². The van der Waals surface area contributed by atoms with Crippen molar-refractivity contribution in [1.29, 1.82) is 0 Å². The fourth-order valence-corrected chi connectivity index (χ4v) is 3.67. The fourth-order valence-electron chi connectivity index (χ4n) is 3.67. The Morgan fingerprint density at radius 1 is 1.14 bits per heavy atom. The highest BCUT2D eigenvalue weighted by Crippen LogP contribution is 2.28. The molecule has 6 heteroatoms. The fraction of sp³-hybridized carbons (Fsp3) is 0.348. The molecule has 1 amide bonds. The van der Waals surface area contributed by atoms with Crippen molar-refractivity contribution >= 4 is 17.4 Å². The number of hydrogen-bond donors (Lipinski definition) is 1. The van der Waals surface area contributed by atoms with E-state index in [1.165, 1.54) is 0 Å². The Labute approximate surface area is 171 Å². The van der Waals surface area contributed by atoms with E-state index in [4.69, 9.17) is 4.42 Å². The first-order valence-corrected chi connectivity index (χ1v) is 10.0. The Balaban J connectivity index is 1.39. The number of piperidine rings is 1. The van der Waals surface area contributed by atoms with Gasteiger partial charge in [-0.1, -0.05) is 12.1 Å². The number of aryl methyl sites for hydroxylation is 3. The van der Waals surface area contributed by atoms with Gasteiger partial charge < -0.3 is 14.6 Å². The Morgan fingerprint density at radius 3 is 2.59 bits per heavy atom. The summed E-state index contributed by atoms with van der Waals surface area (Å²) in [4.78, 5) is 24.0. The molecule has 1 N–H and O–H groups in total. The van der Waals surface area contributed by atoms with E-state index >= 15 is 0 Å². The van der Waals surface area contributed by atoms with Gasteiger partial charge in [0.2, 0.25) is 11.8 Å². The highest BCUT2D eigenvalue weighted by atomic mass is 16.3. The normalized spacial score (nSPS) is 14.8. The average molecular weight is 390 g/mol. The maximum atomic E-state index is 12.8. The van der Waals surface area contributed by atoms with Crippen LogP contribution in [0.4, 0.5) is 11.5 Å². The van der Waals surface area contributed by atoms with Gasteiger partial charge in [-0.3, -0.25) is 4.79 Å². The lowest BCUT2D eigenvalue weighted by Gasteiger charge is -2.32. The summed E-state index contributed by atoms with van der Waals surface area (Å²) < 4.78 is 5.53. The number of aromatic nitrogens is 2. The zero-order valence-corrected chi connectivity index (χ0v) is 17.1. The number of nitrogens with one attached hydrogen (secondary N) is 1. The third-order valence-corrected chi connectivity index (χ3v) is 5.44. The Hall–Kier alpha value is -3.15. The second kappa shape index (κ2) is 8.07. The minimum Gasteiger partial charge on any atom is -0.444 e. The van der Waals surface area contributed by atoms with E-state index in [1.807, 2.05) is 51.2 Å². The summed E-state index contributed by atoms with van der Waals surface area (Å²) >= 11 is 0. The molecule has 0 radical (unpaired) electrons. The standard InChI is InChI=1S/C23H26N4O2/c1-15-4-7-21(24-13-15)27-10-8-18(9-11-27)22(28)26-19-6-5-16(2)20(12-19)23-25-17(3)14-29-23/h4-7,12-14,18H,8-11H2,1-3H3,(H,26,28). The van der Waals surface area contributed by atoms with E-state index in [-0.39, 0.29) is 11.8 Å². The zero-order valence-electron chi connectivity index (χ0n) is 17.1. The van der Waals surface area contributed by atoms with E-state index in [9.17, 15) is 4.79 Å². The van der Waals surface area contributed by atoms with Gasteiger partial charge in [-0.2, -0.15) is 0 Å². The number of pyridine rings is 1. The van der Waals surface area contributed by atoms with Crippen LogP contribution in [0.1, 0.15) is 29.7 Å². The van der Waals surface area contributed by atoms with Crippen LogP contribution in [0.15, 0.2) is 47.2 Å². The van der Waals surface area contributed by atoms with Gasteiger partial charge in [0.1, 0.15) is 12.1 Å². The maximum Gasteiger partial charge on any atom is 0.227 e. The van der Waals surface area contributed by atoms with Crippen LogP contribution in [-0.4, -0.2) is 29.0 Å². The topological polar surface area (TPSA) is 71.3 Å². The summed E-state index contributed by atoms with van der Waals surface area (Å²) in [7, 11) is 0. The smallest absolute Gasteiger partial charge is 0.227 e. The maximum absolute atomic E-state index is 12.8. The number of amides is 1. The van der Waals surface area contributed by atoms with E-state index in [1.54, 1.807) is 6.26 Å². The van der Waals surface area contributed by atoms with Gasteiger partial charge in [0.05, 0.1) is 5.69 Å². The van der Waals surface area contributed by atoms with Crippen LogP contribution in [-0.2, 0) is 4.79 Å². The Kier molecular flexibility index (Phi) is 5.34. The van der Waals surface area contributed by atoms with Crippen LogP contribution in [0.25, 0.3) is 11.5 Å². The van der Waals surface area contributed by atoms with Crippen LogP contribution >= 0.6 is 0 Å². The molecule has 150 valence electrons. The predicted molar refractivity (Wildman–Crippen MR) is 114 cm³/mol. The summed E-state index contributed by atoms with van der Waals surface area (Å²) in [5, 5.41) is 3.08. The number of carbonyl (C=O) groups excluding carboxylic acids is 1. The molecule has 1 aliphatic heterocycles. The second-order valence-corrected chi connectivity index (χ2v) is 7.77. The summed E-state index contributed by atoms with van der Waals surface area (Å²) in [6.45, 7) is 7.61. The second-order valence-electron chi connectivity index (χ2n) is 7.77. The number of carbonyl (C=O) groups is 1. The minimum absolute atomic E-state index is 0.00503. The molecule has 3 aromatic rings. The number of rotatable bonds is 4. The zero-order chi connectivity index (χ0) is 20.4. The molecule has 4 rings (SSSR count). The molecule has 29 heavy (non-hydrogen) atoms. The van der Waals surface area contributed by atoms with E-state index in [2.05, 4.69) is 26.3 Å². The molecule has 0 spiro atoms. The molecule has 0 atom stereocenters. The molecule has 0 bridgehead atoms. The van der Waals surface area contributed by atoms with Crippen molar-refractivity contribution in [1.82, 2.24) is 9.97 Å². The van der Waals surface area contributed by atoms with Gasteiger partial charge >= 0.3 is 0 Å². The van der Waals surface area contributed by atoms with Crippen LogP contribution in [0, 0.1) is 26.7 Å². The number of nitrogens with zero attached hydrogens (tertiary/aromatic N) is 3. The van der Waals surface area contributed by atoms with Crippen molar-refractivity contribution in [3.8, 4) is 11.5 Å². The lowest BCUT2D eigenvalue weighted by atomic mass is 9.95. The van der Waals surface area contributed by atoms with Gasteiger partial charge in [-0.05, 0) is 62.9 Å². The van der Waals surface area contributed by atoms with Crippen LogP contribution in [0.5, 0.6) is 0 Å². The molecule has 1 fully saturated rings. The number of anilines is 2. The van der Waals surface area contributed by atoms with Gasteiger partial charge in [0, 0.05) is 36.5 Å². The summed E-state index contributed by atoms with van der Waals surface area (Å²) in [5.74, 6) is 1.64. The van der Waals surface area contributed by atoms with Crippen LogP contribution < -0.4 is 10.2 Å². The van der Waals surface area contributed by atoms with Crippen molar-refractivity contribution in [3.63, 3.8) is 0 Å². The SMILES string of the molecule is Cc1ccc(N2CCC(C(=O)Nc3ccc(C)c(-c4nc(C)co4)c3)CC2)nc1. The number of oxazole rings is 1. The van der Waals surface area contributed by atoms with Crippen molar-refractivity contribution in [2.45, 2.75) is 33.6 Å². The van der Waals surface area contributed by atoms with Gasteiger partial charge in [0.25, 0.3) is 0 Å². The van der Waals surface area contributed by atoms with E-state index in [0.29, 0.717) is 5.89 Å². The molecule has 1 aromatic carbocycles. The van der Waals surface area contributed by atoms with Gasteiger partial charge in [0.15, 0.2) is 0 Å². The predicted octanol–water partition coefficient (Wildman–Crippen LogP) is 4.52. The van der Waals surface area contributed by atoms with Crippen LogP contribution in [0.2, 0.25) is 0 Å². The van der Waals surface area contributed by atoms with E-state index < -0.39 is 0 Å². The Morgan fingerprint density at radius 2 is 1.93 bits per heavy atom. The first kappa shape index (κ1) is 19.2. The third-order valence-electron chi connectivity index (χ3n) is 5.44. The van der Waals surface area contributed by atoms with Gasteiger partial charge in [-0.15, -0.1) is 0 Å². The van der Waals surface area contributed by atoms with Crippen molar-refractivity contribution in [3.05, 3.63) is 59.6 Å². The molecule has 1 saturated heterocycles. The first-order chi connectivity index (χ1) is 14.0. The molecule has 0 unspecified atom stereocenters. The number of benzene rings is 1. The largest absolute Gasteiger partial charge is 0.444 e. The molecule has 2 aromatic heterocycles. The van der Waals surface area contributed by atoms with Crippen LogP contribution in [0.3, 0.4) is 0 Å². The molecular formula is C23H26N4O2. The third kappa shape index (κ3) is 4.31. The van der Waals surface area contributed by atoms with Gasteiger partial charge in [-0.25, -0.2) is 9.97 Å². The number of hydrogen-bond acceptors (Lipinski definition) is 5. The lowest BCUT2D eigenvalue weighted by molar-refractivity contribution is -0.120. The molecular weight excluding hydrogens is 364 g/mol. The van der Waals surface area contributed by atoms with Crippen molar-refractivity contribution in [2.75, 3.05) is 23.3 Å². The molecule has 6 nitrogen and oxygen atoms in total. The summed E-state index contributed by atoms with van der Waals surface area (Å²) in [6, 6.07) is 9.97.